The van der Waals surface area contributed by atoms with Crippen molar-refractivity contribution < 1.29 is 23.8 Å². The van der Waals surface area contributed by atoms with Crippen LogP contribution in [0.2, 0.25) is 0 Å². The minimum Gasteiger partial charge on any atom is -0.347 e. The van der Waals surface area contributed by atoms with E-state index in [-0.39, 0.29) is 38.4 Å². The molecule has 7 heteroatoms. The number of allylic oxidation sites excluding steroid dienone is 6. The van der Waals surface area contributed by atoms with Crippen molar-refractivity contribution in [2.45, 2.75) is 38.5 Å². The van der Waals surface area contributed by atoms with E-state index < -0.39 is 0 Å². The van der Waals surface area contributed by atoms with E-state index in [1.807, 2.05) is 24.3 Å². The van der Waals surface area contributed by atoms with Gasteiger partial charge in [-0.05, 0) is 50.7 Å². The third-order valence-corrected chi connectivity index (χ3v) is 3.92. The summed E-state index contributed by atoms with van der Waals surface area (Å²) in [7, 11) is 0. The predicted octanol–water partition coefficient (Wildman–Crippen LogP) is 5.13. The maximum absolute atomic E-state index is 11.5. The molecule has 0 fully saturated rings. The van der Waals surface area contributed by atoms with Crippen LogP contribution in [0.15, 0.2) is 48.6 Å². The molecule has 0 aromatic carbocycles. The molecule has 0 heterocycles. The van der Waals surface area contributed by atoms with Gasteiger partial charge in [0, 0.05) is 11.8 Å². The van der Waals surface area contributed by atoms with E-state index in [9.17, 15) is 9.59 Å². The average molecular weight is 447 g/mol. The SMILES string of the molecule is O=C(C=CC=CCCCCCl)COCOCOCC(=O)C=CC=CCCCCCl. The fraction of sp³-hybridized carbons (Fsp3) is 0.545. The zero-order chi connectivity index (χ0) is 21.4. The Morgan fingerprint density at radius 2 is 1.07 bits per heavy atom. The highest BCUT2D eigenvalue weighted by Crippen LogP contribution is 1.99. The van der Waals surface area contributed by atoms with E-state index in [2.05, 4.69) is 0 Å². The Morgan fingerprint density at radius 1 is 0.621 bits per heavy atom. The summed E-state index contributed by atoms with van der Waals surface area (Å²) in [6, 6.07) is 0. The largest absolute Gasteiger partial charge is 0.347 e. The van der Waals surface area contributed by atoms with Crippen molar-refractivity contribution in [3.63, 3.8) is 0 Å². The fourth-order valence-corrected chi connectivity index (χ4v) is 2.30. The van der Waals surface area contributed by atoms with Crippen molar-refractivity contribution in [3.8, 4) is 0 Å². The van der Waals surface area contributed by atoms with Crippen molar-refractivity contribution in [2.75, 3.05) is 38.6 Å². The molecule has 0 N–H and O–H groups in total. The zero-order valence-corrected chi connectivity index (χ0v) is 18.4. The molecule has 0 saturated heterocycles. The first-order chi connectivity index (χ1) is 14.2. The van der Waals surface area contributed by atoms with Gasteiger partial charge in [-0.1, -0.05) is 36.5 Å². The lowest BCUT2D eigenvalue weighted by atomic mass is 10.2. The minimum atomic E-state index is -0.157. The van der Waals surface area contributed by atoms with Gasteiger partial charge in [0.05, 0.1) is 0 Å². The molecular formula is C22H32Cl2O5. The lowest BCUT2D eigenvalue weighted by molar-refractivity contribution is -0.147. The van der Waals surface area contributed by atoms with Crippen molar-refractivity contribution in [3.05, 3.63) is 48.6 Å². The number of alkyl halides is 2. The second-order valence-corrected chi connectivity index (χ2v) is 6.77. The summed E-state index contributed by atoms with van der Waals surface area (Å²) in [4.78, 5) is 23.1. The number of carbonyl (C=O) groups excluding carboxylic acids is 2. The lowest BCUT2D eigenvalue weighted by Gasteiger charge is -2.04. The van der Waals surface area contributed by atoms with Crippen LogP contribution in [0.4, 0.5) is 0 Å². The zero-order valence-electron chi connectivity index (χ0n) is 16.9. The van der Waals surface area contributed by atoms with Crippen LogP contribution >= 0.6 is 23.2 Å². The normalized spacial score (nSPS) is 12.2. The molecule has 0 radical (unpaired) electrons. The molecule has 0 aliphatic carbocycles. The molecule has 0 amide bonds. The van der Waals surface area contributed by atoms with Gasteiger partial charge >= 0.3 is 0 Å². The Balaban J connectivity index is 3.55. The van der Waals surface area contributed by atoms with Crippen molar-refractivity contribution in [2.24, 2.45) is 0 Å². The Hall–Kier alpha value is -1.24. The Kier molecular flexibility index (Phi) is 22.1. The monoisotopic (exact) mass is 446 g/mol. The van der Waals surface area contributed by atoms with Crippen LogP contribution < -0.4 is 0 Å². The standard InChI is InChI=1S/C22H32Cl2O5/c23-15-11-7-3-1-5-9-13-21(25)17-27-19-29-20-28-18-22(26)14-10-6-2-4-8-12-16-24/h1-2,5-6,9-10,13-14H,3-4,7-8,11-12,15-20H2. The van der Waals surface area contributed by atoms with Crippen LogP contribution in [0.5, 0.6) is 0 Å². The molecule has 5 nitrogen and oxygen atoms in total. The van der Waals surface area contributed by atoms with Crippen LogP contribution in [-0.4, -0.2) is 50.1 Å². The Morgan fingerprint density at radius 3 is 1.48 bits per heavy atom. The number of ketones is 2. The van der Waals surface area contributed by atoms with E-state index in [0.29, 0.717) is 11.8 Å². The van der Waals surface area contributed by atoms with Gasteiger partial charge in [0.15, 0.2) is 11.6 Å². The smallest absolute Gasteiger partial charge is 0.181 e. The molecule has 0 unspecified atom stereocenters. The van der Waals surface area contributed by atoms with E-state index in [1.165, 1.54) is 12.2 Å². The van der Waals surface area contributed by atoms with Gasteiger partial charge in [0.2, 0.25) is 0 Å². The quantitative estimate of drug-likeness (QED) is 0.0851. The highest BCUT2D eigenvalue weighted by atomic mass is 35.5. The maximum Gasteiger partial charge on any atom is 0.181 e. The van der Waals surface area contributed by atoms with Gasteiger partial charge < -0.3 is 14.2 Å². The van der Waals surface area contributed by atoms with Gasteiger partial charge in [0.1, 0.15) is 26.8 Å². The third kappa shape index (κ3) is 22.9. The number of hydrogen-bond donors (Lipinski definition) is 0. The Labute approximate surface area is 184 Å². The predicted molar refractivity (Wildman–Crippen MR) is 118 cm³/mol. The molecule has 0 atom stereocenters. The average Bonchev–Trinajstić information content (AvgIpc) is 2.71. The lowest BCUT2D eigenvalue weighted by Crippen LogP contribution is -2.12. The second-order valence-electron chi connectivity index (χ2n) is 6.01. The van der Waals surface area contributed by atoms with E-state index in [4.69, 9.17) is 37.4 Å². The topological polar surface area (TPSA) is 61.8 Å². The molecule has 0 aliphatic rings. The molecule has 0 aliphatic heterocycles. The van der Waals surface area contributed by atoms with E-state index in [0.717, 1.165) is 38.5 Å². The first-order valence-corrected chi connectivity index (χ1v) is 10.8. The molecule has 0 rings (SSSR count). The summed E-state index contributed by atoms with van der Waals surface area (Å²) in [5, 5.41) is 0. The molecule has 0 bridgehead atoms. The first kappa shape index (κ1) is 27.8. The number of halogens is 2. The van der Waals surface area contributed by atoms with Gasteiger partial charge in [-0.15, -0.1) is 23.2 Å². The number of unbranched alkanes of at least 4 members (excludes halogenated alkanes) is 4. The molecular weight excluding hydrogens is 415 g/mol. The summed E-state index contributed by atoms with van der Waals surface area (Å²) in [6.45, 7) is -0.309. The fourth-order valence-electron chi connectivity index (χ4n) is 1.92. The molecule has 164 valence electrons. The molecule has 0 spiro atoms. The summed E-state index contributed by atoms with van der Waals surface area (Å²) in [6.07, 6.45) is 19.9. The number of hydrogen-bond acceptors (Lipinski definition) is 5. The molecule has 29 heavy (non-hydrogen) atoms. The summed E-state index contributed by atoms with van der Waals surface area (Å²) in [5.41, 5.74) is 0. The van der Waals surface area contributed by atoms with E-state index in [1.54, 1.807) is 12.2 Å². The first-order valence-electron chi connectivity index (χ1n) is 9.78. The summed E-state index contributed by atoms with van der Waals surface area (Å²) < 4.78 is 15.2. The van der Waals surface area contributed by atoms with Gasteiger partial charge in [0.25, 0.3) is 0 Å². The number of carbonyl (C=O) groups is 2. The maximum atomic E-state index is 11.5. The van der Waals surface area contributed by atoms with Crippen LogP contribution in [-0.2, 0) is 23.8 Å². The van der Waals surface area contributed by atoms with Gasteiger partial charge in [-0.2, -0.15) is 0 Å². The highest BCUT2D eigenvalue weighted by molar-refractivity contribution is 6.18. The number of rotatable bonds is 20. The van der Waals surface area contributed by atoms with Crippen LogP contribution in [0.1, 0.15) is 38.5 Å². The van der Waals surface area contributed by atoms with Crippen molar-refractivity contribution >= 4 is 34.8 Å². The van der Waals surface area contributed by atoms with Gasteiger partial charge in [-0.3, -0.25) is 9.59 Å². The van der Waals surface area contributed by atoms with Crippen molar-refractivity contribution in [1.82, 2.24) is 0 Å². The molecule has 0 aromatic rings. The second kappa shape index (κ2) is 23.0. The third-order valence-electron chi connectivity index (χ3n) is 3.39. The Bertz CT molecular complexity index is 481. The van der Waals surface area contributed by atoms with Crippen LogP contribution in [0, 0.1) is 0 Å². The highest BCUT2D eigenvalue weighted by Gasteiger charge is 1.98. The number of ether oxygens (including phenoxy) is 3. The van der Waals surface area contributed by atoms with Crippen LogP contribution in [0.3, 0.4) is 0 Å². The minimum absolute atomic E-state index is 0.0739. The van der Waals surface area contributed by atoms with Crippen molar-refractivity contribution in [1.29, 1.82) is 0 Å². The van der Waals surface area contributed by atoms with E-state index >= 15 is 0 Å². The van der Waals surface area contributed by atoms with Crippen LogP contribution in [0.25, 0.3) is 0 Å². The molecule has 0 saturated carbocycles. The summed E-state index contributed by atoms with van der Waals surface area (Å²) in [5.74, 6) is 1.04. The summed E-state index contributed by atoms with van der Waals surface area (Å²) >= 11 is 11.2. The molecule has 0 aromatic heterocycles. The van der Waals surface area contributed by atoms with Gasteiger partial charge in [-0.25, -0.2) is 0 Å².